The van der Waals surface area contributed by atoms with Crippen LogP contribution in [-0.4, -0.2) is 23.1 Å². The Bertz CT molecular complexity index is 399. The summed E-state index contributed by atoms with van der Waals surface area (Å²) in [7, 11) is 0. The minimum atomic E-state index is -0.0787. The Balaban J connectivity index is 2.98. The molecule has 1 aromatic rings. The van der Waals surface area contributed by atoms with Gasteiger partial charge in [0, 0.05) is 19.2 Å². The lowest BCUT2D eigenvalue weighted by Gasteiger charge is -2.27. The quantitative estimate of drug-likeness (QED) is 0.854. The number of hydrogen-bond donors (Lipinski definition) is 1. The Morgan fingerprint density at radius 1 is 1.24 bits per heavy atom. The average molecular weight is 237 g/mol. The summed E-state index contributed by atoms with van der Waals surface area (Å²) in [6, 6.07) is 1.58. The highest BCUT2D eigenvalue weighted by Gasteiger charge is 2.12. The van der Waals surface area contributed by atoms with Crippen molar-refractivity contribution in [3.63, 3.8) is 0 Å². The first-order chi connectivity index (χ1) is 7.88. The first kappa shape index (κ1) is 13.7. The van der Waals surface area contributed by atoms with Gasteiger partial charge in [-0.3, -0.25) is 4.79 Å². The molecule has 0 aliphatic heterocycles. The topological polar surface area (TPSA) is 49.0 Å². The van der Waals surface area contributed by atoms with Gasteiger partial charge < -0.3 is 9.88 Å². The van der Waals surface area contributed by atoms with Crippen molar-refractivity contribution in [2.24, 2.45) is 11.8 Å². The van der Waals surface area contributed by atoms with Crippen LogP contribution in [0, 0.1) is 18.8 Å². The van der Waals surface area contributed by atoms with Crippen LogP contribution in [0.4, 0.5) is 5.82 Å². The number of hydrogen-bond acceptors (Lipinski definition) is 3. The maximum Gasteiger partial charge on any atom is 0.252 e. The van der Waals surface area contributed by atoms with E-state index in [1.54, 1.807) is 6.07 Å². The molecule has 0 aliphatic carbocycles. The van der Waals surface area contributed by atoms with E-state index < -0.39 is 0 Å². The number of aryl methyl sites for hydroxylation is 1. The largest absolute Gasteiger partial charge is 0.356 e. The molecule has 0 amide bonds. The zero-order chi connectivity index (χ0) is 13.0. The highest BCUT2D eigenvalue weighted by atomic mass is 16.1. The van der Waals surface area contributed by atoms with Gasteiger partial charge in [0.1, 0.15) is 11.6 Å². The second-order valence-electron chi connectivity index (χ2n) is 5.38. The van der Waals surface area contributed by atoms with E-state index in [1.165, 1.54) is 0 Å². The van der Waals surface area contributed by atoms with Crippen LogP contribution in [0.15, 0.2) is 10.9 Å². The van der Waals surface area contributed by atoms with Gasteiger partial charge in [-0.05, 0) is 18.8 Å². The Kier molecular flexibility index (Phi) is 4.73. The van der Waals surface area contributed by atoms with E-state index in [4.69, 9.17) is 0 Å². The summed E-state index contributed by atoms with van der Waals surface area (Å²) < 4.78 is 0. The Hall–Kier alpha value is -1.32. The number of nitrogens with one attached hydrogen (secondary N) is 1. The summed E-state index contributed by atoms with van der Waals surface area (Å²) in [5, 5.41) is 0. The van der Waals surface area contributed by atoms with Gasteiger partial charge >= 0.3 is 0 Å². The number of anilines is 1. The molecule has 1 heterocycles. The summed E-state index contributed by atoms with van der Waals surface area (Å²) >= 11 is 0. The molecule has 0 aliphatic rings. The van der Waals surface area contributed by atoms with Crippen molar-refractivity contribution in [1.29, 1.82) is 0 Å². The summed E-state index contributed by atoms with van der Waals surface area (Å²) in [6.07, 6.45) is 0. The third-order valence-corrected chi connectivity index (χ3v) is 2.34. The third kappa shape index (κ3) is 4.59. The van der Waals surface area contributed by atoms with E-state index in [0.717, 1.165) is 18.9 Å². The fraction of sp³-hybridized carbons (Fsp3) is 0.692. The Morgan fingerprint density at radius 2 is 1.76 bits per heavy atom. The molecule has 0 fully saturated rings. The fourth-order valence-corrected chi connectivity index (χ4v) is 1.87. The highest BCUT2D eigenvalue weighted by molar-refractivity contribution is 5.37. The minimum absolute atomic E-state index is 0.0787. The summed E-state index contributed by atoms with van der Waals surface area (Å²) in [5.74, 6) is 2.56. The zero-order valence-electron chi connectivity index (χ0n) is 11.4. The van der Waals surface area contributed by atoms with Crippen molar-refractivity contribution in [3.05, 3.63) is 22.2 Å². The molecular weight excluding hydrogens is 214 g/mol. The van der Waals surface area contributed by atoms with Crippen LogP contribution < -0.4 is 10.5 Å². The van der Waals surface area contributed by atoms with E-state index in [9.17, 15) is 4.79 Å². The maximum atomic E-state index is 11.5. The second-order valence-corrected chi connectivity index (χ2v) is 5.38. The third-order valence-electron chi connectivity index (χ3n) is 2.34. The minimum Gasteiger partial charge on any atom is -0.356 e. The van der Waals surface area contributed by atoms with E-state index >= 15 is 0 Å². The lowest BCUT2D eigenvalue weighted by atomic mass is 10.1. The van der Waals surface area contributed by atoms with Crippen molar-refractivity contribution in [1.82, 2.24) is 9.97 Å². The molecule has 4 heteroatoms. The lowest BCUT2D eigenvalue weighted by Crippen LogP contribution is -2.33. The Labute approximate surface area is 103 Å². The molecule has 0 spiro atoms. The molecular formula is C13H23N3O. The van der Waals surface area contributed by atoms with E-state index in [1.807, 2.05) is 6.92 Å². The van der Waals surface area contributed by atoms with Crippen LogP contribution in [-0.2, 0) is 0 Å². The number of nitrogens with zero attached hydrogens (tertiary/aromatic N) is 2. The summed E-state index contributed by atoms with van der Waals surface area (Å²) in [6.45, 7) is 12.4. The molecule has 17 heavy (non-hydrogen) atoms. The molecule has 0 saturated carbocycles. The normalized spacial score (nSPS) is 11.2. The van der Waals surface area contributed by atoms with Crippen molar-refractivity contribution >= 4 is 5.82 Å². The first-order valence-electron chi connectivity index (χ1n) is 6.21. The molecule has 0 saturated heterocycles. The van der Waals surface area contributed by atoms with Gasteiger partial charge in [0.05, 0.1) is 0 Å². The predicted octanol–water partition coefficient (Wildman–Crippen LogP) is 2.20. The lowest BCUT2D eigenvalue weighted by molar-refractivity contribution is 0.547. The summed E-state index contributed by atoms with van der Waals surface area (Å²) in [5.41, 5.74) is -0.0787. The maximum absolute atomic E-state index is 11.5. The number of H-pyrrole nitrogens is 1. The number of aromatic nitrogens is 2. The van der Waals surface area contributed by atoms with Gasteiger partial charge in [0.15, 0.2) is 0 Å². The van der Waals surface area contributed by atoms with Crippen molar-refractivity contribution in [3.8, 4) is 0 Å². The van der Waals surface area contributed by atoms with Crippen LogP contribution in [0.1, 0.15) is 33.5 Å². The number of rotatable bonds is 5. The van der Waals surface area contributed by atoms with Gasteiger partial charge in [-0.1, -0.05) is 27.7 Å². The molecule has 0 aromatic carbocycles. The molecule has 0 bridgehead atoms. The van der Waals surface area contributed by atoms with E-state index in [-0.39, 0.29) is 5.56 Å². The molecule has 4 nitrogen and oxygen atoms in total. The van der Waals surface area contributed by atoms with Gasteiger partial charge in [0.25, 0.3) is 5.56 Å². The van der Waals surface area contributed by atoms with Crippen molar-refractivity contribution in [2.75, 3.05) is 18.0 Å². The summed E-state index contributed by atoms with van der Waals surface area (Å²) in [4.78, 5) is 20.7. The van der Waals surface area contributed by atoms with E-state index in [2.05, 4.69) is 42.6 Å². The monoisotopic (exact) mass is 237 g/mol. The highest BCUT2D eigenvalue weighted by Crippen LogP contribution is 2.13. The smallest absolute Gasteiger partial charge is 0.252 e. The zero-order valence-corrected chi connectivity index (χ0v) is 11.4. The van der Waals surface area contributed by atoms with Gasteiger partial charge in [-0.15, -0.1) is 0 Å². The van der Waals surface area contributed by atoms with Crippen molar-refractivity contribution < 1.29 is 0 Å². The standard InChI is InChI=1S/C13H23N3O/c1-9(2)7-16(8-10(3)4)12-6-13(17)15-11(5)14-12/h6,9-10H,7-8H2,1-5H3,(H,14,15,17). The van der Waals surface area contributed by atoms with Gasteiger partial charge in [0.2, 0.25) is 0 Å². The molecule has 1 aromatic heterocycles. The molecule has 96 valence electrons. The second kappa shape index (κ2) is 5.84. The molecule has 0 radical (unpaired) electrons. The van der Waals surface area contributed by atoms with Crippen molar-refractivity contribution in [2.45, 2.75) is 34.6 Å². The predicted molar refractivity (Wildman–Crippen MR) is 71.5 cm³/mol. The fourth-order valence-electron chi connectivity index (χ4n) is 1.87. The number of aromatic amines is 1. The van der Waals surface area contributed by atoms with Gasteiger partial charge in [-0.2, -0.15) is 0 Å². The van der Waals surface area contributed by atoms with Crippen LogP contribution in [0.25, 0.3) is 0 Å². The average Bonchev–Trinajstić information content (AvgIpc) is 2.13. The molecule has 0 atom stereocenters. The molecule has 1 rings (SSSR count). The van der Waals surface area contributed by atoms with E-state index in [0.29, 0.717) is 17.7 Å². The van der Waals surface area contributed by atoms with Crippen LogP contribution in [0.3, 0.4) is 0 Å². The Morgan fingerprint density at radius 3 is 2.18 bits per heavy atom. The SMILES string of the molecule is Cc1nc(N(CC(C)C)CC(C)C)cc(=O)[nH]1. The van der Waals surface area contributed by atoms with Crippen LogP contribution in [0.5, 0.6) is 0 Å². The molecule has 1 N–H and O–H groups in total. The van der Waals surface area contributed by atoms with Crippen LogP contribution >= 0.6 is 0 Å². The first-order valence-corrected chi connectivity index (χ1v) is 6.21. The molecule has 0 unspecified atom stereocenters. The van der Waals surface area contributed by atoms with Gasteiger partial charge in [-0.25, -0.2) is 4.98 Å². The van der Waals surface area contributed by atoms with Crippen LogP contribution in [0.2, 0.25) is 0 Å².